The van der Waals surface area contributed by atoms with Crippen LogP contribution in [-0.2, 0) is 10.0 Å². The number of halogens is 2. The van der Waals surface area contributed by atoms with Crippen molar-refractivity contribution in [2.24, 2.45) is 0 Å². The van der Waals surface area contributed by atoms with Gasteiger partial charge in [0.15, 0.2) is 5.13 Å². The van der Waals surface area contributed by atoms with E-state index in [0.29, 0.717) is 49.8 Å². The average molecular weight is 587 g/mol. The van der Waals surface area contributed by atoms with E-state index in [1.54, 1.807) is 0 Å². The molecule has 4 aromatic rings. The number of nitrogens with zero attached hydrogens (tertiary/aromatic N) is 3. The molecule has 1 aliphatic heterocycles. The molecule has 0 radical (unpaired) electrons. The number of thiazole rings is 1. The summed E-state index contributed by atoms with van der Waals surface area (Å²) in [6.07, 6.45) is 1.50. The van der Waals surface area contributed by atoms with E-state index >= 15 is 0 Å². The molecular formula is C27H28F2N6O3S2. The second-order valence-electron chi connectivity index (χ2n) is 9.46. The van der Waals surface area contributed by atoms with Gasteiger partial charge >= 0.3 is 0 Å². The fraction of sp³-hybridized carbons (Fsp3) is 0.296. The lowest BCUT2D eigenvalue weighted by Crippen LogP contribution is -2.43. The number of para-hydroxylation sites is 1. The lowest BCUT2D eigenvalue weighted by atomic mass is 10.1. The maximum atomic E-state index is 14.1. The van der Waals surface area contributed by atoms with E-state index < -0.39 is 33.0 Å². The Hall–Kier alpha value is -3.68. The van der Waals surface area contributed by atoms with Crippen LogP contribution in [0.5, 0.6) is 0 Å². The molecule has 0 spiro atoms. The maximum absolute atomic E-state index is 14.1. The Morgan fingerprint density at radius 2 is 1.75 bits per heavy atom. The molecule has 0 saturated carbocycles. The molecule has 13 heteroatoms. The van der Waals surface area contributed by atoms with Crippen molar-refractivity contribution in [3.8, 4) is 0 Å². The van der Waals surface area contributed by atoms with E-state index in [1.807, 2.05) is 36.4 Å². The summed E-state index contributed by atoms with van der Waals surface area (Å²) in [5.74, 6) is -2.20. The van der Waals surface area contributed by atoms with Crippen molar-refractivity contribution in [3.05, 3.63) is 76.7 Å². The number of hydrogen-bond acceptors (Lipinski definition) is 9. The molecule has 0 unspecified atom stereocenters. The zero-order chi connectivity index (χ0) is 28.3. The van der Waals surface area contributed by atoms with Gasteiger partial charge in [-0.25, -0.2) is 31.5 Å². The molecule has 40 heavy (non-hydrogen) atoms. The van der Waals surface area contributed by atoms with Gasteiger partial charge in [0.1, 0.15) is 28.1 Å². The van der Waals surface area contributed by atoms with Gasteiger partial charge in [0.2, 0.25) is 15.8 Å². The minimum Gasteiger partial charge on any atom is -0.382 e. The summed E-state index contributed by atoms with van der Waals surface area (Å²) >= 11 is 0.918. The topological polar surface area (TPSA) is 130 Å². The first-order valence-electron chi connectivity index (χ1n) is 12.8. The first kappa shape index (κ1) is 27.9. The normalized spacial score (nSPS) is 14.8. The third-order valence-corrected chi connectivity index (χ3v) is 9.67. The highest BCUT2D eigenvalue weighted by molar-refractivity contribution is 7.89. The summed E-state index contributed by atoms with van der Waals surface area (Å²) in [6.45, 7) is 1.16. The van der Waals surface area contributed by atoms with Gasteiger partial charge in [-0.15, -0.1) is 0 Å². The molecular weight excluding hydrogens is 558 g/mol. The second-order valence-corrected chi connectivity index (χ2v) is 12.5. The fourth-order valence-corrected chi connectivity index (χ4v) is 7.04. The lowest BCUT2D eigenvalue weighted by Gasteiger charge is -2.31. The highest BCUT2D eigenvalue weighted by atomic mass is 32.2. The molecule has 0 amide bonds. The predicted molar refractivity (Wildman–Crippen MR) is 153 cm³/mol. The highest BCUT2D eigenvalue weighted by Crippen LogP contribution is 2.30. The number of rotatable bonds is 10. The summed E-state index contributed by atoms with van der Waals surface area (Å²) in [5.41, 5.74) is 6.08. The van der Waals surface area contributed by atoms with Gasteiger partial charge < -0.3 is 16.4 Å². The maximum Gasteiger partial charge on any atom is 0.214 e. The Labute approximate surface area is 234 Å². The number of nitrogens with two attached hydrogens (primary N) is 1. The molecule has 0 bridgehead atoms. The Balaban J connectivity index is 1.10. The van der Waals surface area contributed by atoms with Crippen molar-refractivity contribution in [3.63, 3.8) is 0 Å². The summed E-state index contributed by atoms with van der Waals surface area (Å²) in [7, 11) is -3.42. The van der Waals surface area contributed by atoms with Crippen LogP contribution in [0.25, 0.3) is 10.9 Å². The molecule has 2 aromatic carbocycles. The fourth-order valence-electron chi connectivity index (χ4n) is 4.60. The van der Waals surface area contributed by atoms with Crippen LogP contribution in [0, 0.1) is 11.6 Å². The first-order valence-corrected chi connectivity index (χ1v) is 15.2. The van der Waals surface area contributed by atoms with Gasteiger partial charge in [0.25, 0.3) is 0 Å². The Morgan fingerprint density at radius 3 is 2.50 bits per heavy atom. The summed E-state index contributed by atoms with van der Waals surface area (Å²) < 4.78 is 55.4. The van der Waals surface area contributed by atoms with Crippen molar-refractivity contribution in [2.45, 2.75) is 25.3 Å². The van der Waals surface area contributed by atoms with E-state index in [-0.39, 0.29) is 22.5 Å². The standard InChI is InChI=1S/C27H28F2N6O3S2/c28-19-6-3-7-20(29)23(19)24(36)25-26(30)34-27(39-25)32-18-11-14-35(15-12-18)40(37,38)16-4-13-31-22-10-9-17-5-1-2-8-21(17)33-22/h1-3,5-10,18H,4,11-16,30H2,(H,31,33)(H,32,34). The minimum absolute atomic E-state index is 0.0206. The van der Waals surface area contributed by atoms with Crippen LogP contribution < -0.4 is 16.4 Å². The molecule has 5 rings (SSSR count). The zero-order valence-corrected chi connectivity index (χ0v) is 23.1. The predicted octanol–water partition coefficient (Wildman–Crippen LogP) is 4.49. The molecule has 9 nitrogen and oxygen atoms in total. The van der Waals surface area contributed by atoms with Crippen LogP contribution in [0.15, 0.2) is 54.6 Å². The molecule has 1 fully saturated rings. The van der Waals surface area contributed by atoms with Crippen molar-refractivity contribution >= 4 is 54.8 Å². The van der Waals surface area contributed by atoms with Crippen molar-refractivity contribution in [1.29, 1.82) is 0 Å². The van der Waals surface area contributed by atoms with Crippen LogP contribution in [0.3, 0.4) is 0 Å². The van der Waals surface area contributed by atoms with Crippen LogP contribution in [-0.4, -0.2) is 59.9 Å². The molecule has 4 N–H and O–H groups in total. The summed E-state index contributed by atoms with van der Waals surface area (Å²) in [6, 6.07) is 14.7. The van der Waals surface area contributed by atoms with Crippen LogP contribution in [0.4, 0.5) is 25.5 Å². The smallest absolute Gasteiger partial charge is 0.214 e. The molecule has 1 saturated heterocycles. The van der Waals surface area contributed by atoms with E-state index in [9.17, 15) is 22.0 Å². The third kappa shape index (κ3) is 6.21. The quantitative estimate of drug-likeness (QED) is 0.183. The number of fused-ring (bicyclic) bond motifs is 1. The third-order valence-electron chi connectivity index (χ3n) is 6.71. The molecule has 1 aliphatic rings. The largest absolute Gasteiger partial charge is 0.382 e. The number of carbonyl (C=O) groups excluding carboxylic acids is 1. The van der Waals surface area contributed by atoms with E-state index in [2.05, 4.69) is 20.6 Å². The van der Waals surface area contributed by atoms with Crippen molar-refractivity contribution in [2.75, 3.05) is 41.8 Å². The molecule has 210 valence electrons. The Kier molecular flexibility index (Phi) is 8.24. The summed E-state index contributed by atoms with van der Waals surface area (Å²) in [4.78, 5) is 21.3. The van der Waals surface area contributed by atoms with Gasteiger partial charge in [-0.3, -0.25) is 4.79 Å². The zero-order valence-electron chi connectivity index (χ0n) is 21.4. The van der Waals surface area contributed by atoms with E-state index in [1.165, 1.54) is 10.4 Å². The van der Waals surface area contributed by atoms with Gasteiger partial charge in [-0.05, 0) is 49.6 Å². The van der Waals surface area contributed by atoms with Crippen molar-refractivity contribution in [1.82, 2.24) is 14.3 Å². The summed E-state index contributed by atoms with van der Waals surface area (Å²) in [5, 5.41) is 7.75. The van der Waals surface area contributed by atoms with Crippen LogP contribution >= 0.6 is 11.3 Å². The second kappa shape index (κ2) is 11.8. The minimum atomic E-state index is -3.42. The van der Waals surface area contributed by atoms with E-state index in [0.717, 1.165) is 34.4 Å². The van der Waals surface area contributed by atoms with Gasteiger partial charge in [-0.2, -0.15) is 0 Å². The Bertz CT molecular complexity index is 1620. The molecule has 3 heterocycles. The number of benzene rings is 2. The number of piperidine rings is 1. The first-order chi connectivity index (χ1) is 19.2. The highest BCUT2D eigenvalue weighted by Gasteiger charge is 2.29. The van der Waals surface area contributed by atoms with Crippen molar-refractivity contribution < 1.29 is 22.0 Å². The van der Waals surface area contributed by atoms with Crippen LogP contribution in [0.2, 0.25) is 0 Å². The number of pyridine rings is 1. The number of anilines is 3. The number of hydrogen-bond donors (Lipinski definition) is 3. The number of nitrogen functional groups attached to an aromatic ring is 1. The van der Waals surface area contributed by atoms with E-state index in [4.69, 9.17) is 5.73 Å². The Morgan fingerprint density at radius 1 is 1.02 bits per heavy atom. The lowest BCUT2D eigenvalue weighted by molar-refractivity contribution is 0.103. The number of nitrogens with one attached hydrogen (secondary N) is 2. The monoisotopic (exact) mass is 586 g/mol. The molecule has 2 aromatic heterocycles. The van der Waals surface area contributed by atoms with Gasteiger partial charge in [0, 0.05) is 31.1 Å². The number of ketones is 1. The number of carbonyl (C=O) groups is 1. The average Bonchev–Trinajstić information content (AvgIpc) is 3.30. The van der Waals surface area contributed by atoms with Gasteiger partial charge in [0.05, 0.1) is 16.8 Å². The molecule has 0 aliphatic carbocycles. The SMILES string of the molecule is Nc1nc(NC2CCN(S(=O)(=O)CCCNc3ccc4ccccc4n3)CC2)sc1C(=O)c1c(F)cccc1F. The van der Waals surface area contributed by atoms with Gasteiger partial charge in [-0.1, -0.05) is 35.6 Å². The molecule has 0 atom stereocenters. The van der Waals surface area contributed by atoms with Crippen LogP contribution in [0.1, 0.15) is 34.5 Å². The number of sulfonamides is 1. The number of aromatic nitrogens is 2.